The van der Waals surface area contributed by atoms with E-state index in [1.807, 2.05) is 4.90 Å². The number of hydrogen-bond donors (Lipinski definition) is 1. The molecule has 2 rings (SSSR count). The van der Waals surface area contributed by atoms with Crippen molar-refractivity contribution >= 4 is 5.91 Å². The van der Waals surface area contributed by atoms with Gasteiger partial charge in [0, 0.05) is 19.6 Å². The van der Waals surface area contributed by atoms with Gasteiger partial charge < -0.3 is 10.6 Å². The predicted octanol–water partition coefficient (Wildman–Crippen LogP) is 2.43. The molecule has 0 radical (unpaired) electrons. The second kappa shape index (κ2) is 6.89. The van der Waals surface area contributed by atoms with Gasteiger partial charge in [0.2, 0.25) is 5.91 Å². The lowest BCUT2D eigenvalue weighted by molar-refractivity contribution is -0.136. The SMILES string of the molecule is Cc1ccc(CC(CN)C(=O)N2CCCCC2)cc1C. The van der Waals surface area contributed by atoms with Crippen LogP contribution < -0.4 is 5.73 Å². The Balaban J connectivity index is 2.03. The summed E-state index contributed by atoms with van der Waals surface area (Å²) in [5.41, 5.74) is 9.64. The van der Waals surface area contributed by atoms with Crippen LogP contribution in [0.3, 0.4) is 0 Å². The highest BCUT2D eigenvalue weighted by Crippen LogP contribution is 2.17. The Kier molecular flexibility index (Phi) is 5.18. The molecule has 3 nitrogen and oxygen atoms in total. The Hall–Kier alpha value is -1.35. The summed E-state index contributed by atoms with van der Waals surface area (Å²) in [6.07, 6.45) is 4.26. The van der Waals surface area contributed by atoms with Gasteiger partial charge in [-0.05, 0) is 56.2 Å². The summed E-state index contributed by atoms with van der Waals surface area (Å²) < 4.78 is 0. The first-order valence-electron chi connectivity index (χ1n) is 7.67. The maximum Gasteiger partial charge on any atom is 0.227 e. The quantitative estimate of drug-likeness (QED) is 0.916. The highest BCUT2D eigenvalue weighted by Gasteiger charge is 2.24. The Morgan fingerprint density at radius 1 is 1.20 bits per heavy atom. The molecule has 1 aromatic rings. The minimum Gasteiger partial charge on any atom is -0.342 e. The van der Waals surface area contributed by atoms with E-state index in [0.29, 0.717) is 6.54 Å². The number of carbonyl (C=O) groups is 1. The fourth-order valence-electron chi connectivity index (χ4n) is 2.86. The summed E-state index contributed by atoms with van der Waals surface area (Å²) in [4.78, 5) is 14.5. The largest absolute Gasteiger partial charge is 0.342 e. The zero-order valence-electron chi connectivity index (χ0n) is 12.7. The molecule has 2 N–H and O–H groups in total. The molecule has 1 aromatic carbocycles. The standard InChI is InChI=1S/C17H26N2O/c1-13-6-7-15(10-14(13)2)11-16(12-18)17(20)19-8-4-3-5-9-19/h6-7,10,16H,3-5,8-9,11-12,18H2,1-2H3. The van der Waals surface area contributed by atoms with E-state index in [-0.39, 0.29) is 11.8 Å². The summed E-state index contributed by atoms with van der Waals surface area (Å²) in [7, 11) is 0. The molecule has 1 saturated heterocycles. The predicted molar refractivity (Wildman–Crippen MR) is 82.6 cm³/mol. The van der Waals surface area contributed by atoms with Crippen molar-refractivity contribution in [1.82, 2.24) is 4.90 Å². The second-order valence-electron chi connectivity index (χ2n) is 5.94. The van der Waals surface area contributed by atoms with Crippen LogP contribution in [0.5, 0.6) is 0 Å². The Morgan fingerprint density at radius 2 is 1.90 bits per heavy atom. The fourth-order valence-corrected chi connectivity index (χ4v) is 2.86. The highest BCUT2D eigenvalue weighted by atomic mass is 16.2. The van der Waals surface area contributed by atoms with E-state index < -0.39 is 0 Å². The smallest absolute Gasteiger partial charge is 0.227 e. The van der Waals surface area contributed by atoms with Gasteiger partial charge in [0.05, 0.1) is 5.92 Å². The van der Waals surface area contributed by atoms with Gasteiger partial charge >= 0.3 is 0 Å². The van der Waals surface area contributed by atoms with Gasteiger partial charge in [0.1, 0.15) is 0 Å². The van der Waals surface area contributed by atoms with E-state index in [4.69, 9.17) is 5.73 Å². The molecule has 3 heteroatoms. The van der Waals surface area contributed by atoms with E-state index in [1.165, 1.54) is 23.1 Å². The third kappa shape index (κ3) is 3.60. The van der Waals surface area contributed by atoms with Crippen LogP contribution in [0.4, 0.5) is 0 Å². The van der Waals surface area contributed by atoms with Gasteiger partial charge in [0.15, 0.2) is 0 Å². The zero-order chi connectivity index (χ0) is 14.5. The normalized spacial score (nSPS) is 17.1. The first-order valence-corrected chi connectivity index (χ1v) is 7.67. The van der Waals surface area contributed by atoms with Crippen molar-refractivity contribution < 1.29 is 4.79 Å². The number of nitrogens with zero attached hydrogens (tertiary/aromatic N) is 1. The molecule has 1 aliphatic heterocycles. The van der Waals surface area contributed by atoms with Gasteiger partial charge in [0.25, 0.3) is 0 Å². The molecule has 1 fully saturated rings. The average Bonchev–Trinajstić information content (AvgIpc) is 2.48. The summed E-state index contributed by atoms with van der Waals surface area (Å²) in [5, 5.41) is 0. The van der Waals surface area contributed by atoms with Crippen molar-refractivity contribution in [1.29, 1.82) is 0 Å². The number of likely N-dealkylation sites (tertiary alicyclic amines) is 1. The van der Waals surface area contributed by atoms with Crippen molar-refractivity contribution in [2.24, 2.45) is 11.7 Å². The molecule has 1 amide bonds. The minimum absolute atomic E-state index is 0.0739. The maximum atomic E-state index is 12.5. The van der Waals surface area contributed by atoms with Crippen LogP contribution in [0.25, 0.3) is 0 Å². The molecule has 0 saturated carbocycles. The lowest BCUT2D eigenvalue weighted by atomic mass is 9.95. The minimum atomic E-state index is -0.0739. The summed E-state index contributed by atoms with van der Waals surface area (Å²) in [6, 6.07) is 6.43. The number of aryl methyl sites for hydroxylation is 2. The van der Waals surface area contributed by atoms with E-state index in [1.54, 1.807) is 0 Å². The first kappa shape index (κ1) is 15.0. The van der Waals surface area contributed by atoms with E-state index in [2.05, 4.69) is 32.0 Å². The summed E-state index contributed by atoms with van der Waals surface area (Å²) in [6.45, 7) is 6.47. The first-order chi connectivity index (χ1) is 9.61. The number of rotatable bonds is 4. The molecule has 0 aromatic heterocycles. The van der Waals surface area contributed by atoms with Gasteiger partial charge in [-0.1, -0.05) is 18.2 Å². The van der Waals surface area contributed by atoms with Crippen LogP contribution in [-0.2, 0) is 11.2 Å². The second-order valence-corrected chi connectivity index (χ2v) is 5.94. The molecular weight excluding hydrogens is 248 g/mol. The average molecular weight is 274 g/mol. The Bertz CT molecular complexity index is 464. The number of benzene rings is 1. The van der Waals surface area contributed by atoms with Crippen molar-refractivity contribution in [3.63, 3.8) is 0 Å². The molecule has 1 atom stereocenters. The number of piperidine rings is 1. The molecule has 0 bridgehead atoms. The molecule has 0 aliphatic carbocycles. The molecule has 20 heavy (non-hydrogen) atoms. The van der Waals surface area contributed by atoms with Crippen LogP contribution >= 0.6 is 0 Å². The summed E-state index contributed by atoms with van der Waals surface area (Å²) >= 11 is 0. The zero-order valence-corrected chi connectivity index (χ0v) is 12.7. The van der Waals surface area contributed by atoms with Gasteiger partial charge in [-0.15, -0.1) is 0 Å². The van der Waals surface area contributed by atoms with E-state index >= 15 is 0 Å². The van der Waals surface area contributed by atoms with Crippen LogP contribution in [0.2, 0.25) is 0 Å². The van der Waals surface area contributed by atoms with Crippen molar-refractivity contribution in [2.45, 2.75) is 39.5 Å². The number of amides is 1. The van der Waals surface area contributed by atoms with Crippen LogP contribution in [0, 0.1) is 19.8 Å². The molecular formula is C17H26N2O. The number of carbonyl (C=O) groups excluding carboxylic acids is 1. The van der Waals surface area contributed by atoms with Gasteiger partial charge in [-0.25, -0.2) is 0 Å². The summed E-state index contributed by atoms with van der Waals surface area (Å²) in [5.74, 6) is 0.167. The highest BCUT2D eigenvalue weighted by molar-refractivity contribution is 5.79. The van der Waals surface area contributed by atoms with Crippen molar-refractivity contribution in [2.75, 3.05) is 19.6 Å². The molecule has 0 spiro atoms. The van der Waals surface area contributed by atoms with E-state index in [0.717, 1.165) is 32.4 Å². The Morgan fingerprint density at radius 3 is 2.50 bits per heavy atom. The van der Waals surface area contributed by atoms with Crippen LogP contribution in [-0.4, -0.2) is 30.4 Å². The van der Waals surface area contributed by atoms with Gasteiger partial charge in [-0.3, -0.25) is 4.79 Å². The molecule has 1 aliphatic rings. The maximum absolute atomic E-state index is 12.5. The molecule has 1 heterocycles. The topological polar surface area (TPSA) is 46.3 Å². The lowest BCUT2D eigenvalue weighted by Gasteiger charge is -2.30. The monoisotopic (exact) mass is 274 g/mol. The van der Waals surface area contributed by atoms with Crippen LogP contribution in [0.15, 0.2) is 18.2 Å². The number of hydrogen-bond acceptors (Lipinski definition) is 2. The van der Waals surface area contributed by atoms with Crippen molar-refractivity contribution in [3.8, 4) is 0 Å². The van der Waals surface area contributed by atoms with E-state index in [9.17, 15) is 4.79 Å². The van der Waals surface area contributed by atoms with Gasteiger partial charge in [-0.2, -0.15) is 0 Å². The van der Waals surface area contributed by atoms with Crippen molar-refractivity contribution in [3.05, 3.63) is 34.9 Å². The molecule has 1 unspecified atom stereocenters. The Labute approximate surface area is 122 Å². The molecule has 110 valence electrons. The third-order valence-electron chi connectivity index (χ3n) is 4.35. The lowest BCUT2D eigenvalue weighted by Crippen LogP contribution is -2.42. The third-order valence-corrected chi connectivity index (χ3v) is 4.35. The number of nitrogens with two attached hydrogens (primary N) is 1. The van der Waals surface area contributed by atoms with Crippen LogP contribution in [0.1, 0.15) is 36.0 Å². The fraction of sp³-hybridized carbons (Fsp3) is 0.588.